The molecule has 1 aromatic rings. The molecule has 2 heteroatoms. The summed E-state index contributed by atoms with van der Waals surface area (Å²) in [5, 5.41) is 11.1. The fourth-order valence-corrected chi connectivity index (χ4v) is 2.89. The Kier molecular flexibility index (Phi) is 3.90. The minimum atomic E-state index is -0.377. The molecule has 0 saturated carbocycles. The summed E-state index contributed by atoms with van der Waals surface area (Å²) in [6, 6.07) is 7.53. The molecule has 17 heavy (non-hydrogen) atoms. The fraction of sp³-hybridized carbons (Fsp3) is 0.467. The van der Waals surface area contributed by atoms with Gasteiger partial charge in [-0.25, -0.2) is 0 Å². The molecule has 1 aliphatic carbocycles. The molecule has 0 heterocycles. The molecule has 0 radical (unpaired) electrons. The Balaban J connectivity index is 2.12. The van der Waals surface area contributed by atoms with Gasteiger partial charge < -0.3 is 5.11 Å². The van der Waals surface area contributed by atoms with Crippen molar-refractivity contribution in [3.8, 4) is 0 Å². The molecule has 0 amide bonds. The lowest BCUT2D eigenvalue weighted by Gasteiger charge is -2.29. The summed E-state index contributed by atoms with van der Waals surface area (Å²) in [6.45, 7) is 4.36. The number of hydrogen-bond acceptors (Lipinski definition) is 1. The molecular formula is C15H19ClO. The number of benzene rings is 1. The smallest absolute Gasteiger partial charge is 0.0821 e. The quantitative estimate of drug-likeness (QED) is 0.773. The maximum absolute atomic E-state index is 10.4. The van der Waals surface area contributed by atoms with Crippen molar-refractivity contribution in [3.63, 3.8) is 0 Å². The monoisotopic (exact) mass is 250 g/mol. The van der Waals surface area contributed by atoms with Crippen LogP contribution < -0.4 is 0 Å². The molecule has 0 bridgehead atoms. The molecule has 2 rings (SSSR count). The lowest BCUT2D eigenvalue weighted by atomic mass is 9.79. The van der Waals surface area contributed by atoms with E-state index in [1.165, 1.54) is 5.57 Å². The van der Waals surface area contributed by atoms with Gasteiger partial charge >= 0.3 is 0 Å². The molecule has 1 nitrogen and oxygen atoms in total. The van der Waals surface area contributed by atoms with Gasteiger partial charge in [0.25, 0.3) is 0 Å². The number of allylic oxidation sites excluding steroid dienone is 2. The Labute approximate surface area is 108 Å². The van der Waals surface area contributed by atoms with E-state index >= 15 is 0 Å². The van der Waals surface area contributed by atoms with Gasteiger partial charge in [-0.3, -0.25) is 0 Å². The lowest BCUT2D eigenvalue weighted by Crippen LogP contribution is -2.19. The first-order chi connectivity index (χ1) is 8.06. The standard InChI is InChI=1S/C15H19ClO/c1-10-7-11(2)9-13(8-10)15(17)12-3-5-14(16)6-4-12/h3-7,10,13,15,17H,8-9H2,1-2H3. The van der Waals surface area contributed by atoms with Crippen LogP contribution >= 0.6 is 11.6 Å². The highest BCUT2D eigenvalue weighted by Gasteiger charge is 2.25. The van der Waals surface area contributed by atoms with Crippen molar-refractivity contribution < 1.29 is 5.11 Å². The van der Waals surface area contributed by atoms with Crippen molar-refractivity contribution in [2.45, 2.75) is 32.8 Å². The van der Waals surface area contributed by atoms with E-state index in [1.54, 1.807) is 0 Å². The first-order valence-electron chi connectivity index (χ1n) is 6.17. The second-order valence-corrected chi connectivity index (χ2v) is 5.62. The molecule has 1 aromatic carbocycles. The highest BCUT2D eigenvalue weighted by Crippen LogP contribution is 2.36. The third-order valence-electron chi connectivity index (χ3n) is 3.49. The van der Waals surface area contributed by atoms with E-state index in [0.29, 0.717) is 16.9 Å². The van der Waals surface area contributed by atoms with Crippen LogP contribution in [-0.4, -0.2) is 5.11 Å². The zero-order valence-electron chi connectivity index (χ0n) is 10.4. The van der Waals surface area contributed by atoms with Gasteiger partial charge in [-0.15, -0.1) is 0 Å². The summed E-state index contributed by atoms with van der Waals surface area (Å²) < 4.78 is 0. The van der Waals surface area contributed by atoms with Gasteiger partial charge in [-0.05, 0) is 49.3 Å². The Morgan fingerprint density at radius 1 is 1.29 bits per heavy atom. The van der Waals surface area contributed by atoms with Crippen LogP contribution in [-0.2, 0) is 0 Å². The summed E-state index contributed by atoms with van der Waals surface area (Å²) in [7, 11) is 0. The van der Waals surface area contributed by atoms with Crippen LogP contribution in [0.25, 0.3) is 0 Å². The van der Waals surface area contributed by atoms with Crippen molar-refractivity contribution in [1.82, 2.24) is 0 Å². The topological polar surface area (TPSA) is 20.2 Å². The predicted molar refractivity (Wildman–Crippen MR) is 72.1 cm³/mol. The van der Waals surface area contributed by atoms with E-state index in [2.05, 4.69) is 19.9 Å². The normalized spacial score (nSPS) is 26.5. The number of halogens is 1. The van der Waals surface area contributed by atoms with Gasteiger partial charge in [0.1, 0.15) is 0 Å². The molecule has 92 valence electrons. The number of aliphatic hydroxyl groups is 1. The first-order valence-corrected chi connectivity index (χ1v) is 6.55. The van der Waals surface area contributed by atoms with Crippen molar-refractivity contribution in [1.29, 1.82) is 0 Å². The number of rotatable bonds is 2. The van der Waals surface area contributed by atoms with Crippen molar-refractivity contribution in [3.05, 3.63) is 46.5 Å². The Bertz CT molecular complexity index is 407. The van der Waals surface area contributed by atoms with E-state index in [4.69, 9.17) is 11.6 Å². The SMILES string of the molecule is CC1=CC(C)CC(C(O)c2ccc(Cl)cc2)C1. The van der Waals surface area contributed by atoms with Gasteiger partial charge in [0.05, 0.1) is 6.10 Å². The minimum absolute atomic E-state index is 0.330. The second kappa shape index (κ2) is 5.24. The number of aliphatic hydroxyl groups excluding tert-OH is 1. The Morgan fingerprint density at radius 3 is 2.53 bits per heavy atom. The molecular weight excluding hydrogens is 232 g/mol. The predicted octanol–water partition coefficient (Wildman–Crippen LogP) is 4.37. The Hall–Kier alpha value is -0.790. The third kappa shape index (κ3) is 3.11. The number of hydrogen-bond donors (Lipinski definition) is 1. The summed E-state index contributed by atoms with van der Waals surface area (Å²) in [5.74, 6) is 0.895. The molecule has 1 N–H and O–H groups in total. The third-order valence-corrected chi connectivity index (χ3v) is 3.74. The highest BCUT2D eigenvalue weighted by molar-refractivity contribution is 6.30. The van der Waals surface area contributed by atoms with Crippen molar-refractivity contribution in [2.24, 2.45) is 11.8 Å². The van der Waals surface area contributed by atoms with Gasteiger partial charge in [0, 0.05) is 5.02 Å². The second-order valence-electron chi connectivity index (χ2n) is 5.19. The molecule has 0 fully saturated rings. The van der Waals surface area contributed by atoms with E-state index in [9.17, 15) is 5.11 Å². The van der Waals surface area contributed by atoms with Gasteiger partial charge in [-0.2, -0.15) is 0 Å². The molecule has 0 saturated heterocycles. The van der Waals surface area contributed by atoms with E-state index < -0.39 is 0 Å². The highest BCUT2D eigenvalue weighted by atomic mass is 35.5. The fourth-order valence-electron chi connectivity index (χ4n) is 2.77. The zero-order valence-corrected chi connectivity index (χ0v) is 11.1. The summed E-state index contributed by atoms with van der Waals surface area (Å²) >= 11 is 5.86. The largest absolute Gasteiger partial charge is 0.388 e. The van der Waals surface area contributed by atoms with Crippen LogP contribution in [0.5, 0.6) is 0 Å². The van der Waals surface area contributed by atoms with Crippen molar-refractivity contribution >= 4 is 11.6 Å². The van der Waals surface area contributed by atoms with E-state index in [-0.39, 0.29) is 6.10 Å². The van der Waals surface area contributed by atoms with Crippen LogP contribution in [0.15, 0.2) is 35.9 Å². The first kappa shape index (κ1) is 12.7. The van der Waals surface area contributed by atoms with Crippen LogP contribution in [0, 0.1) is 11.8 Å². The van der Waals surface area contributed by atoms with Gasteiger partial charge in [0.2, 0.25) is 0 Å². The molecule has 0 aromatic heterocycles. The summed E-state index contributed by atoms with van der Waals surface area (Å²) in [4.78, 5) is 0. The maximum Gasteiger partial charge on any atom is 0.0821 e. The van der Waals surface area contributed by atoms with Crippen LogP contribution in [0.3, 0.4) is 0 Å². The zero-order chi connectivity index (χ0) is 12.4. The van der Waals surface area contributed by atoms with Crippen molar-refractivity contribution in [2.75, 3.05) is 0 Å². The maximum atomic E-state index is 10.4. The van der Waals surface area contributed by atoms with Crippen LogP contribution in [0.4, 0.5) is 0 Å². The molecule has 1 aliphatic rings. The minimum Gasteiger partial charge on any atom is -0.388 e. The van der Waals surface area contributed by atoms with Gasteiger partial charge in [-0.1, -0.05) is 42.3 Å². The van der Waals surface area contributed by atoms with Crippen LogP contribution in [0.2, 0.25) is 5.02 Å². The Morgan fingerprint density at radius 2 is 1.94 bits per heavy atom. The molecule has 0 aliphatic heterocycles. The summed E-state index contributed by atoms with van der Waals surface area (Å²) in [6.07, 6.45) is 3.98. The summed E-state index contributed by atoms with van der Waals surface area (Å²) in [5.41, 5.74) is 2.36. The molecule has 3 unspecified atom stereocenters. The molecule has 0 spiro atoms. The van der Waals surface area contributed by atoms with Crippen LogP contribution in [0.1, 0.15) is 38.4 Å². The lowest BCUT2D eigenvalue weighted by molar-refractivity contribution is 0.0932. The van der Waals surface area contributed by atoms with Gasteiger partial charge in [0.15, 0.2) is 0 Å². The average molecular weight is 251 g/mol. The van der Waals surface area contributed by atoms with E-state index in [1.807, 2.05) is 24.3 Å². The van der Waals surface area contributed by atoms with E-state index in [0.717, 1.165) is 18.4 Å². The molecule has 3 atom stereocenters. The average Bonchev–Trinajstić information content (AvgIpc) is 2.28.